The summed E-state index contributed by atoms with van der Waals surface area (Å²) in [4.78, 5) is 8.53. The first-order valence-corrected chi connectivity index (χ1v) is 6.93. The molecule has 0 aliphatic carbocycles. The van der Waals surface area contributed by atoms with Crippen molar-refractivity contribution >= 4 is 28.8 Å². The van der Waals surface area contributed by atoms with E-state index < -0.39 is 0 Å². The van der Waals surface area contributed by atoms with Crippen LogP contribution in [0.2, 0.25) is 0 Å². The van der Waals surface area contributed by atoms with Gasteiger partial charge in [-0.15, -0.1) is 0 Å². The Balaban J connectivity index is 2.34. The summed E-state index contributed by atoms with van der Waals surface area (Å²) < 4.78 is 0. The summed E-state index contributed by atoms with van der Waals surface area (Å²) in [7, 11) is 7.83. The number of aliphatic imine (C=N–C) groups is 1. The molecule has 1 N–H and O–H groups in total. The first kappa shape index (κ1) is 15.0. The second-order valence-corrected chi connectivity index (χ2v) is 5.25. The predicted molar refractivity (Wildman–Crippen MR) is 89.1 cm³/mol. The predicted octanol–water partition coefficient (Wildman–Crippen LogP) is 2.01. The molecule has 0 bridgehead atoms. The monoisotopic (exact) mass is 286 g/mol. The van der Waals surface area contributed by atoms with Gasteiger partial charge in [-0.1, -0.05) is 0 Å². The number of hydrazone groups is 1. The van der Waals surface area contributed by atoms with Gasteiger partial charge in [-0.2, -0.15) is 5.10 Å². The van der Waals surface area contributed by atoms with Crippen molar-refractivity contribution in [2.75, 3.05) is 39.6 Å². The van der Waals surface area contributed by atoms with Gasteiger partial charge in [-0.3, -0.25) is 5.41 Å². The average molecular weight is 286 g/mol. The first-order valence-electron chi connectivity index (χ1n) is 6.93. The van der Waals surface area contributed by atoms with Crippen molar-refractivity contribution < 1.29 is 0 Å². The molecule has 6 nitrogen and oxygen atoms in total. The second-order valence-electron chi connectivity index (χ2n) is 5.25. The van der Waals surface area contributed by atoms with Gasteiger partial charge in [-0.05, 0) is 31.2 Å². The molecule has 0 unspecified atom stereocenters. The van der Waals surface area contributed by atoms with E-state index in [1.54, 1.807) is 5.01 Å². The van der Waals surface area contributed by atoms with Crippen LogP contribution in [-0.4, -0.2) is 62.0 Å². The molecule has 0 spiro atoms. The zero-order valence-electron chi connectivity index (χ0n) is 13.3. The Kier molecular flexibility index (Phi) is 4.26. The molecule has 2 rings (SSSR count). The zero-order chi connectivity index (χ0) is 15.6. The fourth-order valence-electron chi connectivity index (χ4n) is 2.03. The minimum absolute atomic E-state index is 0.345. The lowest BCUT2D eigenvalue weighted by atomic mass is 10.2. The van der Waals surface area contributed by atoms with Crippen molar-refractivity contribution in [1.29, 1.82) is 5.41 Å². The Morgan fingerprint density at radius 1 is 1.10 bits per heavy atom. The largest absolute Gasteiger partial charge is 0.378 e. The molecule has 1 aliphatic heterocycles. The Labute approximate surface area is 125 Å². The standard InChI is InChI=1S/C15H22N6/c1-6-21-14(16)13(15(18-21)20(4)5)17-11-7-9-12(10-8-11)19(2)3/h7-10,16H,6H2,1-5H3. The van der Waals surface area contributed by atoms with E-state index >= 15 is 0 Å². The van der Waals surface area contributed by atoms with Crippen molar-refractivity contribution in [1.82, 2.24) is 9.91 Å². The fraction of sp³-hybridized carbons (Fsp3) is 0.400. The Morgan fingerprint density at radius 3 is 2.19 bits per heavy atom. The molecule has 1 aromatic carbocycles. The van der Waals surface area contributed by atoms with Gasteiger partial charge in [0, 0.05) is 40.4 Å². The summed E-state index contributed by atoms with van der Waals surface area (Å²) in [6, 6.07) is 7.94. The molecule has 1 heterocycles. The molecule has 0 aromatic heterocycles. The maximum atomic E-state index is 8.19. The summed E-state index contributed by atoms with van der Waals surface area (Å²) in [6.45, 7) is 2.63. The number of nitrogens with one attached hydrogen (secondary N) is 1. The van der Waals surface area contributed by atoms with Crippen molar-refractivity contribution in [2.45, 2.75) is 6.92 Å². The molecule has 1 aromatic rings. The van der Waals surface area contributed by atoms with E-state index in [9.17, 15) is 0 Å². The highest BCUT2D eigenvalue weighted by molar-refractivity contribution is 6.69. The van der Waals surface area contributed by atoms with E-state index in [4.69, 9.17) is 5.41 Å². The van der Waals surface area contributed by atoms with E-state index in [0.29, 0.717) is 18.1 Å². The van der Waals surface area contributed by atoms with Gasteiger partial charge in [0.15, 0.2) is 17.4 Å². The average Bonchev–Trinajstić information content (AvgIpc) is 2.76. The lowest BCUT2D eigenvalue weighted by molar-refractivity contribution is 0.470. The molecule has 0 saturated heterocycles. The van der Waals surface area contributed by atoms with Crippen LogP contribution < -0.4 is 4.90 Å². The van der Waals surface area contributed by atoms with Gasteiger partial charge >= 0.3 is 0 Å². The van der Waals surface area contributed by atoms with Gasteiger partial charge < -0.3 is 9.80 Å². The van der Waals surface area contributed by atoms with Crippen LogP contribution in [0.25, 0.3) is 0 Å². The lowest BCUT2D eigenvalue weighted by Crippen LogP contribution is -2.32. The van der Waals surface area contributed by atoms with Crippen LogP contribution >= 0.6 is 0 Å². The van der Waals surface area contributed by atoms with Gasteiger partial charge in [0.2, 0.25) is 0 Å². The van der Waals surface area contributed by atoms with Crippen molar-refractivity contribution in [2.24, 2.45) is 10.1 Å². The highest BCUT2D eigenvalue weighted by Gasteiger charge is 2.28. The molecule has 1 aliphatic rings. The van der Waals surface area contributed by atoms with Crippen LogP contribution in [0.3, 0.4) is 0 Å². The number of amidine groups is 2. The van der Waals surface area contributed by atoms with E-state index in [-0.39, 0.29) is 0 Å². The number of anilines is 1. The summed E-state index contributed by atoms with van der Waals surface area (Å²) in [5.74, 6) is 1.07. The highest BCUT2D eigenvalue weighted by Crippen LogP contribution is 2.20. The molecule has 0 fully saturated rings. The number of hydrogen-bond acceptors (Lipinski definition) is 5. The molecule has 0 radical (unpaired) electrons. The van der Waals surface area contributed by atoms with E-state index in [1.807, 2.05) is 69.2 Å². The van der Waals surface area contributed by atoms with E-state index in [2.05, 4.69) is 10.1 Å². The van der Waals surface area contributed by atoms with Crippen LogP contribution in [-0.2, 0) is 0 Å². The third kappa shape index (κ3) is 3.04. The minimum Gasteiger partial charge on any atom is -0.378 e. The summed E-state index contributed by atoms with van der Waals surface area (Å²) in [5.41, 5.74) is 2.56. The van der Waals surface area contributed by atoms with Crippen LogP contribution in [0.5, 0.6) is 0 Å². The lowest BCUT2D eigenvalue weighted by Gasteiger charge is -2.13. The normalized spacial score (nSPS) is 16.4. The second kappa shape index (κ2) is 5.95. The molecular weight excluding hydrogens is 264 g/mol. The fourth-order valence-corrected chi connectivity index (χ4v) is 2.03. The van der Waals surface area contributed by atoms with Crippen molar-refractivity contribution in [3.8, 4) is 0 Å². The molecule has 0 saturated carbocycles. The summed E-state index contributed by atoms with van der Waals surface area (Å²) in [6.07, 6.45) is 0. The van der Waals surface area contributed by atoms with Crippen LogP contribution in [0.1, 0.15) is 6.92 Å². The van der Waals surface area contributed by atoms with Gasteiger partial charge in [0.05, 0.1) is 5.69 Å². The van der Waals surface area contributed by atoms with Crippen LogP contribution in [0.4, 0.5) is 11.4 Å². The van der Waals surface area contributed by atoms with Gasteiger partial charge in [-0.25, -0.2) is 10.0 Å². The number of benzene rings is 1. The quantitative estimate of drug-likeness (QED) is 0.924. The molecule has 6 heteroatoms. The number of rotatable bonds is 3. The maximum Gasteiger partial charge on any atom is 0.178 e. The highest BCUT2D eigenvalue weighted by atomic mass is 15.5. The summed E-state index contributed by atoms with van der Waals surface area (Å²) >= 11 is 0. The van der Waals surface area contributed by atoms with E-state index in [0.717, 1.165) is 17.2 Å². The summed E-state index contributed by atoms with van der Waals surface area (Å²) in [5, 5.41) is 14.3. The van der Waals surface area contributed by atoms with Crippen LogP contribution in [0, 0.1) is 5.41 Å². The first-order chi connectivity index (χ1) is 9.93. The van der Waals surface area contributed by atoms with Crippen molar-refractivity contribution in [3.63, 3.8) is 0 Å². The Bertz CT molecular complexity index is 583. The van der Waals surface area contributed by atoms with Gasteiger partial charge in [0.1, 0.15) is 0 Å². The maximum absolute atomic E-state index is 8.19. The Hall–Kier alpha value is -2.37. The van der Waals surface area contributed by atoms with Crippen LogP contribution in [0.15, 0.2) is 34.4 Å². The van der Waals surface area contributed by atoms with Crippen molar-refractivity contribution in [3.05, 3.63) is 24.3 Å². The third-order valence-electron chi connectivity index (χ3n) is 3.24. The Morgan fingerprint density at radius 2 is 1.71 bits per heavy atom. The molecule has 21 heavy (non-hydrogen) atoms. The topological polar surface area (TPSA) is 58.3 Å². The molecular formula is C15H22N6. The SMILES string of the molecule is CCN1N=C(N(C)C)C(=Nc2ccc(N(C)C)cc2)C1=N. The van der Waals surface area contributed by atoms with E-state index in [1.165, 1.54) is 0 Å². The van der Waals surface area contributed by atoms with Gasteiger partial charge in [0.25, 0.3) is 0 Å². The smallest absolute Gasteiger partial charge is 0.178 e. The number of hydrogen-bond donors (Lipinski definition) is 1. The molecule has 0 amide bonds. The zero-order valence-corrected chi connectivity index (χ0v) is 13.3. The number of nitrogens with zero attached hydrogens (tertiary/aromatic N) is 5. The molecule has 0 atom stereocenters. The minimum atomic E-state index is 0.345. The third-order valence-corrected chi connectivity index (χ3v) is 3.24. The molecule has 112 valence electrons.